The molecule has 1 nitrogen and oxygen atoms in total. The van der Waals surface area contributed by atoms with Crippen LogP contribution >= 0.6 is 15.9 Å². The van der Waals surface area contributed by atoms with Gasteiger partial charge in [-0.15, -0.1) is 6.58 Å². The SMILES string of the molecule is C=CCCC(NC)c1ccc(Br)cc1C(F)(F)F. The van der Waals surface area contributed by atoms with E-state index in [9.17, 15) is 13.2 Å². The van der Waals surface area contributed by atoms with E-state index in [2.05, 4.69) is 27.8 Å². The Labute approximate surface area is 113 Å². The van der Waals surface area contributed by atoms with Crippen molar-refractivity contribution in [1.82, 2.24) is 5.32 Å². The van der Waals surface area contributed by atoms with Gasteiger partial charge in [0.15, 0.2) is 0 Å². The van der Waals surface area contributed by atoms with Crippen LogP contribution in [0.1, 0.15) is 30.0 Å². The van der Waals surface area contributed by atoms with Crippen LogP contribution in [0, 0.1) is 0 Å². The third-order valence-electron chi connectivity index (χ3n) is 2.70. The number of alkyl halides is 3. The zero-order valence-corrected chi connectivity index (χ0v) is 11.6. The highest BCUT2D eigenvalue weighted by molar-refractivity contribution is 9.10. The van der Waals surface area contributed by atoms with E-state index in [0.29, 0.717) is 17.3 Å². The fourth-order valence-corrected chi connectivity index (χ4v) is 2.18. The first-order chi connectivity index (χ1) is 8.40. The lowest BCUT2D eigenvalue weighted by Gasteiger charge is -2.21. The highest BCUT2D eigenvalue weighted by Crippen LogP contribution is 2.37. The van der Waals surface area contributed by atoms with Crippen molar-refractivity contribution in [2.45, 2.75) is 25.1 Å². The number of hydrogen-bond donors (Lipinski definition) is 1. The van der Waals surface area contributed by atoms with Crippen molar-refractivity contribution in [2.24, 2.45) is 0 Å². The molecule has 1 unspecified atom stereocenters. The summed E-state index contributed by atoms with van der Waals surface area (Å²) >= 11 is 3.08. The van der Waals surface area contributed by atoms with E-state index in [-0.39, 0.29) is 11.6 Å². The Hall–Kier alpha value is -0.810. The van der Waals surface area contributed by atoms with Crippen molar-refractivity contribution in [3.8, 4) is 0 Å². The Balaban J connectivity index is 3.16. The van der Waals surface area contributed by atoms with Crippen molar-refractivity contribution in [2.75, 3.05) is 7.05 Å². The molecule has 0 aromatic heterocycles. The molecule has 1 rings (SSSR count). The molecule has 0 bridgehead atoms. The van der Waals surface area contributed by atoms with Crippen LogP contribution in [0.5, 0.6) is 0 Å². The highest BCUT2D eigenvalue weighted by Gasteiger charge is 2.35. The van der Waals surface area contributed by atoms with E-state index in [1.807, 2.05) is 0 Å². The molecule has 0 aliphatic rings. The number of hydrogen-bond acceptors (Lipinski definition) is 1. The third-order valence-corrected chi connectivity index (χ3v) is 3.20. The summed E-state index contributed by atoms with van der Waals surface area (Å²) in [6.07, 6.45) is -1.39. The predicted octanol–water partition coefficient (Wildman–Crippen LogP) is 4.69. The molecule has 0 radical (unpaired) electrons. The minimum atomic E-state index is -4.34. The van der Waals surface area contributed by atoms with Gasteiger partial charge in [0.25, 0.3) is 0 Å². The molecule has 18 heavy (non-hydrogen) atoms. The largest absolute Gasteiger partial charge is 0.416 e. The normalized spacial score (nSPS) is 13.4. The molecule has 100 valence electrons. The molecule has 0 spiro atoms. The van der Waals surface area contributed by atoms with E-state index in [0.717, 1.165) is 6.07 Å². The first-order valence-corrected chi connectivity index (χ1v) is 6.34. The monoisotopic (exact) mass is 321 g/mol. The molecule has 0 aliphatic carbocycles. The lowest BCUT2D eigenvalue weighted by atomic mass is 9.96. The Morgan fingerprint density at radius 3 is 2.61 bits per heavy atom. The number of benzene rings is 1. The van der Waals surface area contributed by atoms with Crippen molar-refractivity contribution in [3.05, 3.63) is 46.5 Å². The maximum absolute atomic E-state index is 13.0. The zero-order valence-electron chi connectivity index (χ0n) is 10.0. The van der Waals surface area contributed by atoms with Gasteiger partial charge in [-0.05, 0) is 37.6 Å². The maximum atomic E-state index is 13.0. The molecular weight excluding hydrogens is 307 g/mol. The first-order valence-electron chi connectivity index (χ1n) is 5.55. The van der Waals surface area contributed by atoms with Crippen LogP contribution in [0.25, 0.3) is 0 Å². The van der Waals surface area contributed by atoms with Crippen LogP contribution in [0.4, 0.5) is 13.2 Å². The summed E-state index contributed by atoms with van der Waals surface area (Å²) in [7, 11) is 1.66. The summed E-state index contributed by atoms with van der Waals surface area (Å²) in [4.78, 5) is 0. The van der Waals surface area contributed by atoms with Crippen LogP contribution in [-0.4, -0.2) is 7.05 Å². The fourth-order valence-electron chi connectivity index (χ4n) is 1.82. The second-order valence-corrected chi connectivity index (χ2v) is 4.85. The Morgan fingerprint density at radius 2 is 2.11 bits per heavy atom. The third kappa shape index (κ3) is 3.85. The fraction of sp³-hybridized carbons (Fsp3) is 0.385. The molecule has 0 heterocycles. The number of nitrogens with one attached hydrogen (secondary N) is 1. The molecule has 0 fully saturated rings. The van der Waals surface area contributed by atoms with E-state index in [1.54, 1.807) is 19.2 Å². The van der Waals surface area contributed by atoms with Crippen LogP contribution < -0.4 is 5.32 Å². The van der Waals surface area contributed by atoms with Gasteiger partial charge in [0, 0.05) is 10.5 Å². The van der Waals surface area contributed by atoms with E-state index >= 15 is 0 Å². The predicted molar refractivity (Wildman–Crippen MR) is 70.4 cm³/mol. The summed E-state index contributed by atoms with van der Waals surface area (Å²) in [6.45, 7) is 3.59. The van der Waals surface area contributed by atoms with Gasteiger partial charge in [0.2, 0.25) is 0 Å². The summed E-state index contributed by atoms with van der Waals surface area (Å²) in [5, 5.41) is 2.92. The second-order valence-electron chi connectivity index (χ2n) is 3.94. The van der Waals surface area contributed by atoms with Gasteiger partial charge in [-0.25, -0.2) is 0 Å². The van der Waals surface area contributed by atoms with E-state index in [4.69, 9.17) is 0 Å². The lowest BCUT2D eigenvalue weighted by molar-refractivity contribution is -0.138. The van der Waals surface area contributed by atoms with Crippen molar-refractivity contribution >= 4 is 15.9 Å². The average Bonchev–Trinajstić information content (AvgIpc) is 2.30. The molecule has 1 aromatic rings. The zero-order chi connectivity index (χ0) is 13.8. The Morgan fingerprint density at radius 1 is 1.44 bits per heavy atom. The van der Waals surface area contributed by atoms with Crippen LogP contribution in [0.15, 0.2) is 35.3 Å². The molecule has 1 N–H and O–H groups in total. The topological polar surface area (TPSA) is 12.0 Å². The standard InChI is InChI=1S/C13H15BrF3N/c1-3-4-5-12(18-2)10-7-6-9(14)8-11(10)13(15,16)17/h3,6-8,12,18H,1,4-5H2,2H3. The first kappa shape index (κ1) is 15.2. The molecule has 1 atom stereocenters. The van der Waals surface area contributed by atoms with Crippen LogP contribution in [-0.2, 0) is 6.18 Å². The van der Waals surface area contributed by atoms with Crippen molar-refractivity contribution in [3.63, 3.8) is 0 Å². The quantitative estimate of drug-likeness (QED) is 0.775. The van der Waals surface area contributed by atoms with E-state index in [1.165, 1.54) is 6.07 Å². The Kier molecular flexibility index (Phi) is 5.41. The molecule has 0 saturated carbocycles. The maximum Gasteiger partial charge on any atom is 0.416 e. The molecule has 0 amide bonds. The Bertz CT molecular complexity index is 415. The van der Waals surface area contributed by atoms with Crippen LogP contribution in [0.3, 0.4) is 0 Å². The van der Waals surface area contributed by atoms with Gasteiger partial charge in [-0.1, -0.05) is 28.1 Å². The minimum Gasteiger partial charge on any atom is -0.313 e. The molecule has 0 saturated heterocycles. The molecule has 1 aromatic carbocycles. The summed E-state index contributed by atoms with van der Waals surface area (Å²) in [5.74, 6) is 0. The highest BCUT2D eigenvalue weighted by atomic mass is 79.9. The molecule has 0 aliphatic heterocycles. The summed E-state index contributed by atoms with van der Waals surface area (Å²) in [6, 6.07) is 3.93. The van der Waals surface area contributed by atoms with E-state index < -0.39 is 11.7 Å². The summed E-state index contributed by atoms with van der Waals surface area (Å²) < 4.78 is 39.4. The smallest absolute Gasteiger partial charge is 0.313 e. The van der Waals surface area contributed by atoms with Gasteiger partial charge >= 0.3 is 6.18 Å². The lowest BCUT2D eigenvalue weighted by Crippen LogP contribution is -2.21. The second kappa shape index (κ2) is 6.38. The van der Waals surface area contributed by atoms with Crippen molar-refractivity contribution < 1.29 is 13.2 Å². The molecular formula is C13H15BrF3N. The van der Waals surface area contributed by atoms with Crippen molar-refractivity contribution in [1.29, 1.82) is 0 Å². The van der Waals surface area contributed by atoms with Gasteiger partial charge < -0.3 is 5.32 Å². The van der Waals surface area contributed by atoms with Gasteiger partial charge in [-0.2, -0.15) is 13.2 Å². The molecule has 5 heteroatoms. The summed E-state index contributed by atoms with van der Waals surface area (Å²) in [5.41, 5.74) is -0.324. The number of allylic oxidation sites excluding steroid dienone is 1. The van der Waals surface area contributed by atoms with Gasteiger partial charge in [0.05, 0.1) is 5.56 Å². The number of halogens is 4. The van der Waals surface area contributed by atoms with Gasteiger partial charge in [0.1, 0.15) is 0 Å². The minimum absolute atomic E-state index is 0.273. The average molecular weight is 322 g/mol. The van der Waals surface area contributed by atoms with Crippen LogP contribution in [0.2, 0.25) is 0 Å². The van der Waals surface area contributed by atoms with Gasteiger partial charge in [-0.3, -0.25) is 0 Å². The number of rotatable bonds is 5.